The summed E-state index contributed by atoms with van der Waals surface area (Å²) >= 11 is 0. The van der Waals surface area contributed by atoms with E-state index >= 15 is 0 Å². The highest BCUT2D eigenvalue weighted by molar-refractivity contribution is 5.98. The van der Waals surface area contributed by atoms with Gasteiger partial charge < -0.3 is 23.7 Å². The van der Waals surface area contributed by atoms with Crippen molar-refractivity contribution >= 4 is 23.9 Å². The van der Waals surface area contributed by atoms with E-state index in [0.29, 0.717) is 37.5 Å². The molecule has 0 saturated carbocycles. The molecule has 9 nitrogen and oxygen atoms in total. The number of benzene rings is 1. The van der Waals surface area contributed by atoms with Crippen LogP contribution < -0.4 is 4.74 Å². The van der Waals surface area contributed by atoms with Crippen LogP contribution in [0.3, 0.4) is 0 Å². The highest BCUT2D eigenvalue weighted by Crippen LogP contribution is 2.15. The molecule has 2 heterocycles. The average molecular weight is 423 g/mol. The first-order chi connectivity index (χ1) is 15.0. The van der Waals surface area contributed by atoms with Gasteiger partial charge in [-0.1, -0.05) is 12.1 Å². The summed E-state index contributed by atoms with van der Waals surface area (Å²) in [6.45, 7) is 0.845. The Hall–Kier alpha value is -4.06. The van der Waals surface area contributed by atoms with E-state index in [1.165, 1.54) is 24.3 Å². The van der Waals surface area contributed by atoms with Crippen LogP contribution in [0.4, 0.5) is 0 Å². The molecule has 1 aromatic carbocycles. The van der Waals surface area contributed by atoms with Crippen LogP contribution in [0.15, 0.2) is 52.7 Å². The zero-order valence-electron chi connectivity index (χ0n) is 16.9. The van der Waals surface area contributed by atoms with Gasteiger partial charge in [-0.2, -0.15) is 5.26 Å². The van der Waals surface area contributed by atoms with Gasteiger partial charge in [-0.3, -0.25) is 9.59 Å². The van der Waals surface area contributed by atoms with Gasteiger partial charge >= 0.3 is 5.97 Å². The minimum absolute atomic E-state index is 0.216. The highest BCUT2D eigenvalue weighted by Gasteiger charge is 2.26. The van der Waals surface area contributed by atoms with Crippen molar-refractivity contribution in [2.75, 3.05) is 39.9 Å². The molecule has 9 heteroatoms. The van der Waals surface area contributed by atoms with Gasteiger partial charge in [0.2, 0.25) is 0 Å². The third-order valence-electron chi connectivity index (χ3n) is 4.75. The van der Waals surface area contributed by atoms with Crippen LogP contribution in [0.2, 0.25) is 0 Å². The predicted octanol–water partition coefficient (Wildman–Crippen LogP) is 1.72. The van der Waals surface area contributed by atoms with E-state index in [-0.39, 0.29) is 23.1 Å². The van der Waals surface area contributed by atoms with Gasteiger partial charge in [0.25, 0.3) is 11.8 Å². The summed E-state index contributed by atoms with van der Waals surface area (Å²) in [5.41, 5.74) is 0.407. The second-order valence-electron chi connectivity index (χ2n) is 6.67. The average Bonchev–Trinajstić information content (AvgIpc) is 3.36. The van der Waals surface area contributed by atoms with Crippen molar-refractivity contribution in [3.8, 4) is 11.8 Å². The van der Waals surface area contributed by atoms with Gasteiger partial charge in [0, 0.05) is 26.2 Å². The Kier molecular flexibility index (Phi) is 7.06. The molecule has 31 heavy (non-hydrogen) atoms. The molecule has 0 radical (unpaired) electrons. The molecule has 3 rings (SSSR count). The molecule has 1 aromatic heterocycles. The van der Waals surface area contributed by atoms with Crippen molar-refractivity contribution in [2.45, 2.75) is 0 Å². The largest absolute Gasteiger partial charge is 0.497 e. The van der Waals surface area contributed by atoms with Crippen LogP contribution in [0.1, 0.15) is 16.1 Å². The topological polar surface area (TPSA) is 113 Å². The number of carbonyl (C=O) groups is 3. The fourth-order valence-corrected chi connectivity index (χ4v) is 3.01. The smallest absolute Gasteiger partial charge is 0.349 e. The van der Waals surface area contributed by atoms with Crippen molar-refractivity contribution in [1.82, 2.24) is 9.80 Å². The quantitative estimate of drug-likeness (QED) is 0.395. The molecule has 0 spiro atoms. The van der Waals surface area contributed by atoms with Crippen LogP contribution in [0.25, 0.3) is 6.08 Å². The minimum atomic E-state index is -0.877. The molecule has 1 saturated heterocycles. The number of amides is 2. The summed E-state index contributed by atoms with van der Waals surface area (Å²) in [5, 5.41) is 9.25. The van der Waals surface area contributed by atoms with Crippen LogP contribution >= 0.6 is 0 Å². The van der Waals surface area contributed by atoms with Crippen molar-refractivity contribution < 1.29 is 28.3 Å². The molecule has 1 aliphatic heterocycles. The summed E-state index contributed by atoms with van der Waals surface area (Å²) in [6, 6.07) is 11.8. The van der Waals surface area contributed by atoms with Crippen molar-refractivity contribution in [3.05, 3.63) is 59.6 Å². The first-order valence-electron chi connectivity index (χ1n) is 9.55. The first kappa shape index (κ1) is 21.6. The lowest BCUT2D eigenvalue weighted by molar-refractivity contribution is -0.149. The summed E-state index contributed by atoms with van der Waals surface area (Å²) in [6.07, 6.45) is 2.81. The lowest BCUT2D eigenvalue weighted by Gasteiger charge is -2.34. The van der Waals surface area contributed by atoms with Gasteiger partial charge in [-0.15, -0.1) is 0 Å². The second kappa shape index (κ2) is 10.1. The molecular weight excluding hydrogens is 402 g/mol. The Morgan fingerprint density at radius 2 is 1.77 bits per heavy atom. The lowest BCUT2D eigenvalue weighted by Crippen LogP contribution is -2.51. The van der Waals surface area contributed by atoms with Gasteiger partial charge in [0.1, 0.15) is 17.4 Å². The maximum absolute atomic E-state index is 12.4. The van der Waals surface area contributed by atoms with Gasteiger partial charge in [-0.25, -0.2) is 4.79 Å². The third-order valence-corrected chi connectivity index (χ3v) is 4.75. The van der Waals surface area contributed by atoms with E-state index < -0.39 is 12.6 Å². The summed E-state index contributed by atoms with van der Waals surface area (Å²) in [5.74, 6) is -0.597. The standard InChI is InChI=1S/C22H21N3O6/c1-29-18-6-4-16(5-7-18)13-17(14-23)22(28)31-15-20(26)24-8-10-25(11-9-24)21(27)19-3-2-12-30-19/h2-7,12-13H,8-11,15H2,1H3/b17-13+. The zero-order valence-corrected chi connectivity index (χ0v) is 16.9. The van der Waals surface area contributed by atoms with E-state index in [9.17, 15) is 19.6 Å². The van der Waals surface area contributed by atoms with E-state index in [2.05, 4.69) is 0 Å². The Labute approximate surface area is 179 Å². The van der Waals surface area contributed by atoms with Gasteiger partial charge in [0.05, 0.1) is 13.4 Å². The number of furan rings is 1. The molecule has 0 unspecified atom stereocenters. The van der Waals surface area contributed by atoms with Gasteiger partial charge in [-0.05, 0) is 35.9 Å². The van der Waals surface area contributed by atoms with Crippen molar-refractivity contribution in [2.24, 2.45) is 0 Å². The molecule has 0 aliphatic carbocycles. The van der Waals surface area contributed by atoms with Crippen LogP contribution in [-0.4, -0.2) is 67.5 Å². The lowest BCUT2D eigenvalue weighted by atomic mass is 10.1. The van der Waals surface area contributed by atoms with Crippen LogP contribution in [-0.2, 0) is 14.3 Å². The van der Waals surface area contributed by atoms with E-state index in [0.717, 1.165) is 0 Å². The molecule has 2 aromatic rings. The Morgan fingerprint density at radius 3 is 2.35 bits per heavy atom. The van der Waals surface area contributed by atoms with Crippen LogP contribution in [0, 0.1) is 11.3 Å². The highest BCUT2D eigenvalue weighted by atomic mass is 16.5. The number of nitrogens with zero attached hydrogens (tertiary/aromatic N) is 3. The molecule has 0 N–H and O–H groups in total. The number of carbonyl (C=O) groups excluding carboxylic acids is 3. The molecular formula is C22H21N3O6. The molecule has 160 valence electrons. The molecule has 0 atom stereocenters. The Balaban J connectivity index is 1.49. The van der Waals surface area contributed by atoms with Crippen molar-refractivity contribution in [1.29, 1.82) is 5.26 Å². The molecule has 1 aliphatic rings. The van der Waals surface area contributed by atoms with Gasteiger partial charge in [0.15, 0.2) is 12.4 Å². The second-order valence-corrected chi connectivity index (χ2v) is 6.67. The SMILES string of the molecule is COc1ccc(/C=C(\C#N)C(=O)OCC(=O)N2CCN(C(=O)c3ccco3)CC2)cc1. The van der Waals surface area contributed by atoms with E-state index in [4.69, 9.17) is 13.9 Å². The molecule has 2 amide bonds. The number of esters is 1. The number of piperazine rings is 1. The van der Waals surface area contributed by atoms with Crippen LogP contribution in [0.5, 0.6) is 5.75 Å². The number of methoxy groups -OCH3 is 1. The number of hydrogen-bond acceptors (Lipinski definition) is 7. The minimum Gasteiger partial charge on any atom is -0.497 e. The third kappa shape index (κ3) is 5.51. The summed E-state index contributed by atoms with van der Waals surface area (Å²) in [7, 11) is 1.54. The summed E-state index contributed by atoms with van der Waals surface area (Å²) < 4.78 is 15.2. The zero-order chi connectivity index (χ0) is 22.2. The number of nitriles is 1. The fourth-order valence-electron chi connectivity index (χ4n) is 3.01. The normalized spacial score (nSPS) is 14.0. The number of rotatable bonds is 6. The maximum atomic E-state index is 12.4. The van der Waals surface area contributed by atoms with Crippen molar-refractivity contribution in [3.63, 3.8) is 0 Å². The Bertz CT molecular complexity index is 997. The summed E-state index contributed by atoms with van der Waals surface area (Å²) in [4.78, 5) is 39.9. The Morgan fingerprint density at radius 1 is 1.10 bits per heavy atom. The maximum Gasteiger partial charge on any atom is 0.349 e. The van der Waals surface area contributed by atoms with E-state index in [1.54, 1.807) is 47.4 Å². The molecule has 1 fully saturated rings. The monoisotopic (exact) mass is 423 g/mol. The number of ether oxygens (including phenoxy) is 2. The first-order valence-corrected chi connectivity index (χ1v) is 9.55. The number of hydrogen-bond donors (Lipinski definition) is 0. The predicted molar refractivity (Wildman–Crippen MR) is 109 cm³/mol. The van der Waals surface area contributed by atoms with E-state index in [1.807, 2.05) is 0 Å². The molecule has 0 bridgehead atoms. The fraction of sp³-hybridized carbons (Fsp3) is 0.273.